The first-order valence-corrected chi connectivity index (χ1v) is 7.78. The molecule has 1 saturated heterocycles. The Morgan fingerprint density at radius 3 is 2.77 bits per heavy atom. The van der Waals surface area contributed by atoms with Crippen LogP contribution in [0, 0.1) is 17.2 Å². The van der Waals surface area contributed by atoms with Crippen molar-refractivity contribution >= 4 is 12.0 Å². The summed E-state index contributed by atoms with van der Waals surface area (Å²) in [5.41, 5.74) is 1.54. The summed E-state index contributed by atoms with van der Waals surface area (Å²) >= 11 is 0. The second kappa shape index (κ2) is 7.77. The van der Waals surface area contributed by atoms with Gasteiger partial charge in [-0.1, -0.05) is 12.1 Å². The van der Waals surface area contributed by atoms with Crippen molar-refractivity contribution in [2.24, 2.45) is 5.92 Å². The summed E-state index contributed by atoms with van der Waals surface area (Å²) in [7, 11) is 0. The van der Waals surface area contributed by atoms with Crippen molar-refractivity contribution in [3.63, 3.8) is 0 Å². The van der Waals surface area contributed by atoms with Gasteiger partial charge in [-0.2, -0.15) is 5.26 Å². The number of nitriles is 1. The number of benzene rings is 1. The molecule has 1 amide bonds. The fourth-order valence-electron chi connectivity index (χ4n) is 2.64. The van der Waals surface area contributed by atoms with Crippen LogP contribution in [0.4, 0.5) is 0 Å². The maximum absolute atomic E-state index is 11.8. The van der Waals surface area contributed by atoms with Gasteiger partial charge in [-0.15, -0.1) is 0 Å². The summed E-state index contributed by atoms with van der Waals surface area (Å²) in [6.45, 7) is 7.35. The van der Waals surface area contributed by atoms with Gasteiger partial charge in [0.25, 0.3) is 0 Å². The molecule has 0 radical (unpaired) electrons. The standard InChI is InChI=1S/C18H23N3O/c1-14(2)21-10-9-17(13-21)12-20-18(22)8-7-15-3-5-16(11-19)6-4-15/h3-8,14,17H,9-10,12-13H2,1-2H3,(H,20,22). The number of carbonyl (C=O) groups is 1. The highest BCUT2D eigenvalue weighted by Crippen LogP contribution is 2.17. The second-order valence-corrected chi connectivity index (χ2v) is 6.06. The lowest BCUT2D eigenvalue weighted by molar-refractivity contribution is -0.116. The molecule has 4 heteroatoms. The van der Waals surface area contributed by atoms with E-state index < -0.39 is 0 Å². The van der Waals surface area contributed by atoms with Crippen LogP contribution < -0.4 is 5.32 Å². The van der Waals surface area contributed by atoms with Crippen molar-refractivity contribution in [1.29, 1.82) is 5.26 Å². The Morgan fingerprint density at radius 1 is 1.45 bits per heavy atom. The molecule has 0 spiro atoms. The van der Waals surface area contributed by atoms with Crippen LogP contribution in [-0.4, -0.2) is 36.5 Å². The third kappa shape index (κ3) is 4.71. The Labute approximate surface area is 132 Å². The van der Waals surface area contributed by atoms with E-state index >= 15 is 0 Å². The van der Waals surface area contributed by atoms with Crippen molar-refractivity contribution in [2.75, 3.05) is 19.6 Å². The highest BCUT2D eigenvalue weighted by Gasteiger charge is 2.23. The van der Waals surface area contributed by atoms with Crippen LogP contribution in [0.15, 0.2) is 30.3 Å². The van der Waals surface area contributed by atoms with Gasteiger partial charge in [-0.25, -0.2) is 0 Å². The minimum Gasteiger partial charge on any atom is -0.352 e. The second-order valence-electron chi connectivity index (χ2n) is 6.06. The van der Waals surface area contributed by atoms with E-state index in [2.05, 4.69) is 30.1 Å². The van der Waals surface area contributed by atoms with Crippen LogP contribution in [-0.2, 0) is 4.79 Å². The van der Waals surface area contributed by atoms with Crippen LogP contribution in [0.5, 0.6) is 0 Å². The molecule has 0 saturated carbocycles. The zero-order valence-corrected chi connectivity index (χ0v) is 13.2. The van der Waals surface area contributed by atoms with E-state index in [1.54, 1.807) is 24.3 Å². The maximum atomic E-state index is 11.8. The van der Waals surface area contributed by atoms with Crippen molar-refractivity contribution < 1.29 is 4.79 Å². The highest BCUT2D eigenvalue weighted by atomic mass is 16.1. The van der Waals surface area contributed by atoms with Crippen molar-refractivity contribution in [1.82, 2.24) is 10.2 Å². The number of likely N-dealkylation sites (tertiary alicyclic amines) is 1. The molecule has 1 aliphatic heterocycles. The Bertz CT molecular complexity index is 569. The topological polar surface area (TPSA) is 56.1 Å². The van der Waals surface area contributed by atoms with E-state index in [0.717, 1.165) is 31.6 Å². The van der Waals surface area contributed by atoms with Crippen LogP contribution >= 0.6 is 0 Å². The number of nitrogens with one attached hydrogen (secondary N) is 1. The van der Waals surface area contributed by atoms with Gasteiger partial charge in [0.1, 0.15) is 0 Å². The minimum absolute atomic E-state index is 0.0626. The smallest absolute Gasteiger partial charge is 0.244 e. The molecule has 0 bridgehead atoms. The largest absolute Gasteiger partial charge is 0.352 e. The average Bonchev–Trinajstić information content (AvgIpc) is 3.00. The molecule has 22 heavy (non-hydrogen) atoms. The van der Waals surface area contributed by atoms with Gasteiger partial charge in [0.15, 0.2) is 0 Å². The molecule has 0 aromatic heterocycles. The quantitative estimate of drug-likeness (QED) is 0.849. The van der Waals surface area contributed by atoms with E-state index in [1.165, 1.54) is 0 Å². The van der Waals surface area contributed by atoms with E-state index in [0.29, 0.717) is 17.5 Å². The predicted octanol–water partition coefficient (Wildman–Crippen LogP) is 2.42. The van der Waals surface area contributed by atoms with Gasteiger partial charge in [0.2, 0.25) is 5.91 Å². The molecule has 1 aromatic carbocycles. The summed E-state index contributed by atoms with van der Waals surface area (Å²) in [6.07, 6.45) is 4.47. The molecule has 2 rings (SSSR count). The molecule has 1 fully saturated rings. The van der Waals surface area contributed by atoms with Crippen molar-refractivity contribution in [3.05, 3.63) is 41.5 Å². The summed E-state index contributed by atoms with van der Waals surface area (Å²) < 4.78 is 0. The molecule has 1 atom stereocenters. The maximum Gasteiger partial charge on any atom is 0.244 e. The fourth-order valence-corrected chi connectivity index (χ4v) is 2.64. The number of nitrogens with zero attached hydrogens (tertiary/aromatic N) is 2. The SMILES string of the molecule is CC(C)N1CCC(CNC(=O)C=Cc2ccc(C#N)cc2)C1. The monoisotopic (exact) mass is 297 g/mol. The number of hydrogen-bond acceptors (Lipinski definition) is 3. The zero-order chi connectivity index (χ0) is 15.9. The fraction of sp³-hybridized carbons (Fsp3) is 0.444. The zero-order valence-electron chi connectivity index (χ0n) is 13.2. The molecule has 1 unspecified atom stereocenters. The number of rotatable bonds is 5. The molecular weight excluding hydrogens is 274 g/mol. The Kier molecular flexibility index (Phi) is 5.74. The van der Waals surface area contributed by atoms with Crippen molar-refractivity contribution in [2.45, 2.75) is 26.3 Å². The molecule has 116 valence electrons. The molecule has 1 N–H and O–H groups in total. The molecule has 4 nitrogen and oxygen atoms in total. The highest BCUT2D eigenvalue weighted by molar-refractivity contribution is 5.91. The Hall–Kier alpha value is -2.12. The van der Waals surface area contributed by atoms with Crippen LogP contribution in [0.2, 0.25) is 0 Å². The van der Waals surface area contributed by atoms with E-state index in [4.69, 9.17) is 5.26 Å². The van der Waals surface area contributed by atoms with Gasteiger partial charge in [-0.3, -0.25) is 4.79 Å². The van der Waals surface area contributed by atoms with E-state index in [1.807, 2.05) is 12.1 Å². The lowest BCUT2D eigenvalue weighted by Gasteiger charge is -2.20. The van der Waals surface area contributed by atoms with E-state index in [-0.39, 0.29) is 5.91 Å². The normalized spacial score (nSPS) is 18.7. The number of carbonyl (C=O) groups excluding carboxylic acids is 1. The molecule has 1 aliphatic rings. The van der Waals surface area contributed by atoms with Crippen LogP contribution in [0.3, 0.4) is 0 Å². The number of amides is 1. The third-order valence-electron chi connectivity index (χ3n) is 4.08. The summed E-state index contributed by atoms with van der Waals surface area (Å²) in [6, 6.07) is 9.81. The van der Waals surface area contributed by atoms with Gasteiger partial charge >= 0.3 is 0 Å². The van der Waals surface area contributed by atoms with Gasteiger partial charge in [0, 0.05) is 25.2 Å². The first-order valence-electron chi connectivity index (χ1n) is 7.78. The molecule has 0 aliphatic carbocycles. The summed E-state index contributed by atoms with van der Waals surface area (Å²) in [5, 5.41) is 11.7. The van der Waals surface area contributed by atoms with Gasteiger partial charge in [-0.05, 0) is 56.5 Å². The van der Waals surface area contributed by atoms with Gasteiger partial charge < -0.3 is 10.2 Å². The van der Waals surface area contributed by atoms with E-state index in [9.17, 15) is 4.79 Å². The average molecular weight is 297 g/mol. The lowest BCUT2D eigenvalue weighted by Crippen LogP contribution is -2.32. The van der Waals surface area contributed by atoms with Gasteiger partial charge in [0.05, 0.1) is 11.6 Å². The first-order chi connectivity index (χ1) is 10.6. The first kappa shape index (κ1) is 16.3. The molecule has 1 aromatic rings. The van der Waals surface area contributed by atoms with Crippen LogP contribution in [0.1, 0.15) is 31.4 Å². The molecular formula is C18H23N3O. The Morgan fingerprint density at radius 2 is 2.18 bits per heavy atom. The predicted molar refractivity (Wildman–Crippen MR) is 88.0 cm³/mol. The summed E-state index contributed by atoms with van der Waals surface area (Å²) in [4.78, 5) is 14.3. The summed E-state index contributed by atoms with van der Waals surface area (Å²) in [5.74, 6) is 0.488. The lowest BCUT2D eigenvalue weighted by atomic mass is 10.1. The number of hydrogen-bond donors (Lipinski definition) is 1. The van der Waals surface area contributed by atoms with Crippen LogP contribution in [0.25, 0.3) is 6.08 Å². The van der Waals surface area contributed by atoms with Crippen molar-refractivity contribution in [3.8, 4) is 6.07 Å². The Balaban J connectivity index is 1.76. The minimum atomic E-state index is -0.0626. The third-order valence-corrected chi connectivity index (χ3v) is 4.08. The molecule has 1 heterocycles.